The molecule has 0 bridgehead atoms. The van der Waals surface area contributed by atoms with Crippen LogP contribution in [-0.2, 0) is 16.0 Å². The highest BCUT2D eigenvalue weighted by atomic mass is 16.3. The van der Waals surface area contributed by atoms with Crippen molar-refractivity contribution in [3.8, 4) is 0 Å². The highest BCUT2D eigenvalue weighted by Gasteiger charge is 2.42. The molecule has 0 radical (unpaired) electrons. The molecule has 21 heavy (non-hydrogen) atoms. The van der Waals surface area contributed by atoms with Crippen LogP contribution in [0.1, 0.15) is 25.8 Å². The lowest BCUT2D eigenvalue weighted by Gasteiger charge is -2.30. The number of amides is 2. The van der Waals surface area contributed by atoms with E-state index in [-0.39, 0.29) is 17.9 Å². The van der Waals surface area contributed by atoms with Gasteiger partial charge in [0.2, 0.25) is 11.8 Å². The van der Waals surface area contributed by atoms with Crippen LogP contribution < -0.4 is 4.90 Å². The van der Waals surface area contributed by atoms with E-state index < -0.39 is 12.1 Å². The maximum atomic E-state index is 12.8. The van der Waals surface area contributed by atoms with Crippen LogP contribution in [0.2, 0.25) is 0 Å². The number of carbonyl (C=O) groups is 2. The van der Waals surface area contributed by atoms with Crippen molar-refractivity contribution < 1.29 is 14.7 Å². The standard InChI is InChI=1S/C16H20N2O3/c1-10-15(20)7-8-17(10)16(21)14-9-12-5-3-4-6-13(12)18(14)11(2)19/h3-6,10,14-15,20H,7-9H2,1-2H3/t10-,14+,15-/m1/s1. The number of aliphatic hydroxyl groups excluding tert-OH is 1. The van der Waals surface area contributed by atoms with Crippen molar-refractivity contribution in [1.82, 2.24) is 4.90 Å². The number of hydrogen-bond donors (Lipinski definition) is 1. The van der Waals surface area contributed by atoms with Crippen LogP contribution >= 0.6 is 0 Å². The average Bonchev–Trinajstić information content (AvgIpc) is 3.00. The third kappa shape index (κ3) is 2.21. The highest BCUT2D eigenvalue weighted by molar-refractivity contribution is 6.02. The lowest BCUT2D eigenvalue weighted by molar-refractivity contribution is -0.135. The number of anilines is 1. The molecule has 1 saturated heterocycles. The van der Waals surface area contributed by atoms with Gasteiger partial charge in [0.25, 0.3) is 0 Å². The molecule has 5 nitrogen and oxygen atoms in total. The molecular formula is C16H20N2O3. The minimum Gasteiger partial charge on any atom is -0.391 e. The van der Waals surface area contributed by atoms with Gasteiger partial charge in [0.05, 0.1) is 12.1 Å². The van der Waals surface area contributed by atoms with Crippen molar-refractivity contribution in [3.63, 3.8) is 0 Å². The van der Waals surface area contributed by atoms with Crippen molar-refractivity contribution in [2.45, 2.75) is 44.9 Å². The Morgan fingerprint density at radius 2 is 2.00 bits per heavy atom. The highest BCUT2D eigenvalue weighted by Crippen LogP contribution is 2.34. The van der Waals surface area contributed by atoms with Crippen LogP contribution in [0.25, 0.3) is 0 Å². The minimum atomic E-state index is -0.479. The first-order valence-corrected chi connectivity index (χ1v) is 7.37. The van der Waals surface area contributed by atoms with E-state index in [9.17, 15) is 14.7 Å². The molecule has 2 heterocycles. The van der Waals surface area contributed by atoms with Crippen molar-refractivity contribution in [2.75, 3.05) is 11.4 Å². The first-order valence-electron chi connectivity index (χ1n) is 7.37. The fourth-order valence-corrected chi connectivity index (χ4v) is 3.40. The molecule has 3 atom stereocenters. The summed E-state index contributed by atoms with van der Waals surface area (Å²) in [6.07, 6.45) is 0.684. The number of benzene rings is 1. The number of carbonyl (C=O) groups excluding carboxylic acids is 2. The molecule has 5 heteroatoms. The molecular weight excluding hydrogens is 268 g/mol. The first-order chi connectivity index (χ1) is 10.0. The summed E-state index contributed by atoms with van der Waals surface area (Å²) in [5.74, 6) is -0.184. The summed E-state index contributed by atoms with van der Waals surface area (Å²) in [5.41, 5.74) is 1.86. The van der Waals surface area contributed by atoms with Gasteiger partial charge in [-0.2, -0.15) is 0 Å². The Morgan fingerprint density at radius 3 is 2.62 bits per heavy atom. The molecule has 0 aromatic heterocycles. The monoisotopic (exact) mass is 288 g/mol. The number of aliphatic hydroxyl groups is 1. The summed E-state index contributed by atoms with van der Waals surface area (Å²) >= 11 is 0. The normalized spacial score (nSPS) is 27.9. The van der Waals surface area contributed by atoms with E-state index in [2.05, 4.69) is 0 Å². The zero-order valence-corrected chi connectivity index (χ0v) is 12.3. The maximum absolute atomic E-state index is 12.8. The number of rotatable bonds is 1. The third-order valence-corrected chi connectivity index (χ3v) is 4.60. The second-order valence-electron chi connectivity index (χ2n) is 5.87. The second kappa shape index (κ2) is 5.15. The topological polar surface area (TPSA) is 60.9 Å². The van der Waals surface area contributed by atoms with Gasteiger partial charge in [-0.05, 0) is 25.0 Å². The SMILES string of the molecule is CC(=O)N1c2ccccc2C[C@H]1C(=O)N1CC[C@@H](O)[C@H]1C. The van der Waals surface area contributed by atoms with Crippen LogP contribution in [0, 0.1) is 0 Å². The molecule has 0 spiro atoms. The van der Waals surface area contributed by atoms with E-state index >= 15 is 0 Å². The van der Waals surface area contributed by atoms with Gasteiger partial charge in [0.15, 0.2) is 0 Å². The van der Waals surface area contributed by atoms with Crippen molar-refractivity contribution in [1.29, 1.82) is 0 Å². The Morgan fingerprint density at radius 1 is 1.29 bits per heavy atom. The minimum absolute atomic E-state index is 0.0644. The van der Waals surface area contributed by atoms with Gasteiger partial charge < -0.3 is 10.0 Å². The van der Waals surface area contributed by atoms with Gasteiger partial charge in [0, 0.05) is 25.6 Å². The van der Waals surface area contributed by atoms with Crippen molar-refractivity contribution >= 4 is 17.5 Å². The molecule has 0 aliphatic carbocycles. The lowest BCUT2D eigenvalue weighted by Crippen LogP contribution is -2.51. The van der Waals surface area contributed by atoms with Gasteiger partial charge in [-0.3, -0.25) is 14.5 Å². The Bertz CT molecular complexity index is 587. The molecule has 1 aromatic carbocycles. The van der Waals surface area contributed by atoms with Crippen molar-refractivity contribution in [3.05, 3.63) is 29.8 Å². The number of hydrogen-bond acceptors (Lipinski definition) is 3. The number of para-hydroxylation sites is 1. The van der Waals surface area contributed by atoms with Crippen molar-refractivity contribution in [2.24, 2.45) is 0 Å². The molecule has 2 aliphatic heterocycles. The molecule has 2 aliphatic rings. The predicted octanol–water partition coefficient (Wildman–Crippen LogP) is 0.946. The number of nitrogens with zero attached hydrogens (tertiary/aromatic N) is 2. The maximum Gasteiger partial charge on any atom is 0.246 e. The summed E-state index contributed by atoms with van der Waals surface area (Å²) in [7, 11) is 0. The van der Waals surface area contributed by atoms with Crippen LogP contribution in [-0.4, -0.2) is 46.6 Å². The van der Waals surface area contributed by atoms with Gasteiger partial charge >= 0.3 is 0 Å². The zero-order valence-electron chi connectivity index (χ0n) is 12.3. The molecule has 112 valence electrons. The third-order valence-electron chi connectivity index (χ3n) is 4.60. The number of fused-ring (bicyclic) bond motifs is 1. The molecule has 3 rings (SSSR count). The largest absolute Gasteiger partial charge is 0.391 e. The van der Waals surface area contributed by atoms with E-state index in [0.29, 0.717) is 19.4 Å². The van der Waals surface area contributed by atoms with Gasteiger partial charge in [-0.25, -0.2) is 0 Å². The Labute approximate surface area is 124 Å². The average molecular weight is 288 g/mol. The van der Waals surface area contributed by atoms with E-state index in [1.165, 1.54) is 6.92 Å². The molecule has 0 unspecified atom stereocenters. The molecule has 0 saturated carbocycles. The predicted molar refractivity (Wildman–Crippen MR) is 78.9 cm³/mol. The van der Waals surface area contributed by atoms with E-state index in [1.54, 1.807) is 9.80 Å². The van der Waals surface area contributed by atoms with Gasteiger partial charge in [0.1, 0.15) is 6.04 Å². The Balaban J connectivity index is 1.89. The smallest absolute Gasteiger partial charge is 0.246 e. The van der Waals surface area contributed by atoms with Crippen LogP contribution in [0.5, 0.6) is 0 Å². The van der Waals surface area contributed by atoms with E-state index in [1.807, 2.05) is 31.2 Å². The molecule has 1 fully saturated rings. The lowest BCUT2D eigenvalue weighted by atomic mass is 10.1. The zero-order chi connectivity index (χ0) is 15.1. The van der Waals surface area contributed by atoms with E-state index in [0.717, 1.165) is 11.3 Å². The molecule has 1 N–H and O–H groups in total. The van der Waals surface area contributed by atoms with E-state index in [4.69, 9.17) is 0 Å². The summed E-state index contributed by atoms with van der Waals surface area (Å²) in [5, 5.41) is 9.83. The van der Waals surface area contributed by atoms with Crippen LogP contribution in [0.15, 0.2) is 24.3 Å². The quantitative estimate of drug-likeness (QED) is 0.837. The molecule has 2 amide bonds. The summed E-state index contributed by atoms with van der Waals surface area (Å²) in [6, 6.07) is 6.98. The molecule has 1 aromatic rings. The fourth-order valence-electron chi connectivity index (χ4n) is 3.40. The summed E-state index contributed by atoms with van der Waals surface area (Å²) in [4.78, 5) is 28.1. The first kappa shape index (κ1) is 14.1. The second-order valence-corrected chi connectivity index (χ2v) is 5.87. The summed E-state index contributed by atoms with van der Waals surface area (Å²) < 4.78 is 0. The Hall–Kier alpha value is -1.88. The van der Waals surface area contributed by atoms with Crippen LogP contribution in [0.3, 0.4) is 0 Å². The van der Waals surface area contributed by atoms with Crippen LogP contribution in [0.4, 0.5) is 5.69 Å². The van der Waals surface area contributed by atoms with Gasteiger partial charge in [-0.15, -0.1) is 0 Å². The summed E-state index contributed by atoms with van der Waals surface area (Å²) in [6.45, 7) is 3.90. The fraction of sp³-hybridized carbons (Fsp3) is 0.500. The number of likely N-dealkylation sites (tertiary alicyclic amines) is 1. The Kier molecular flexibility index (Phi) is 3.45. The van der Waals surface area contributed by atoms with Gasteiger partial charge in [-0.1, -0.05) is 18.2 Å².